The molecule has 1 aromatic carbocycles. The fourth-order valence-electron chi connectivity index (χ4n) is 2.04. The van der Waals surface area contributed by atoms with Crippen LogP contribution in [0.1, 0.15) is 18.6 Å². The molecule has 0 aliphatic rings. The van der Waals surface area contributed by atoms with Crippen LogP contribution in [-0.4, -0.2) is 27.9 Å². The minimum atomic E-state index is -1.20. The summed E-state index contributed by atoms with van der Waals surface area (Å²) in [7, 11) is 0. The number of aliphatic hydroxyl groups is 1. The first-order chi connectivity index (χ1) is 9.00. The number of primary amides is 1. The number of aliphatic hydroxyl groups excluding tert-OH is 1. The van der Waals surface area contributed by atoms with Crippen LogP contribution < -0.4 is 11.1 Å². The summed E-state index contributed by atoms with van der Waals surface area (Å²) in [5, 5.41) is 13.4. The van der Waals surface area contributed by atoms with Crippen LogP contribution in [0.15, 0.2) is 30.5 Å². The van der Waals surface area contributed by atoms with E-state index in [9.17, 15) is 14.7 Å². The minimum Gasteiger partial charge on any atom is -0.386 e. The zero-order valence-electron chi connectivity index (χ0n) is 10.4. The van der Waals surface area contributed by atoms with Gasteiger partial charge in [-0.25, -0.2) is 0 Å². The van der Waals surface area contributed by atoms with Gasteiger partial charge in [-0.3, -0.25) is 9.59 Å². The van der Waals surface area contributed by atoms with Crippen LogP contribution >= 0.6 is 0 Å². The fraction of sp³-hybridized carbons (Fsp3) is 0.231. The predicted molar refractivity (Wildman–Crippen MR) is 70.1 cm³/mol. The maximum atomic E-state index is 11.3. The second kappa shape index (κ2) is 5.11. The maximum Gasteiger partial charge on any atom is 0.243 e. The Morgan fingerprint density at radius 1 is 1.37 bits per heavy atom. The molecule has 19 heavy (non-hydrogen) atoms. The summed E-state index contributed by atoms with van der Waals surface area (Å²) < 4.78 is 0. The number of amides is 2. The first-order valence-electron chi connectivity index (χ1n) is 5.81. The van der Waals surface area contributed by atoms with Gasteiger partial charge in [0.15, 0.2) is 0 Å². The van der Waals surface area contributed by atoms with E-state index in [4.69, 9.17) is 5.73 Å². The van der Waals surface area contributed by atoms with Crippen LogP contribution in [-0.2, 0) is 9.59 Å². The van der Waals surface area contributed by atoms with Crippen molar-refractivity contribution in [2.45, 2.75) is 19.1 Å². The number of H-pyrrole nitrogens is 1. The van der Waals surface area contributed by atoms with Crippen molar-refractivity contribution in [1.29, 1.82) is 0 Å². The Bertz CT molecular complexity index is 620. The number of hydrogen-bond donors (Lipinski definition) is 4. The summed E-state index contributed by atoms with van der Waals surface area (Å²) in [6, 6.07) is 6.19. The van der Waals surface area contributed by atoms with Crippen molar-refractivity contribution >= 4 is 22.7 Å². The standard InChI is InChI=1S/C13H15N3O3/c1-7(17)16-11(13(14)19)12(18)9-6-15-10-5-3-2-4-8(9)10/h2-6,11-12,15,18H,1H3,(H2,14,19)(H,16,17)/t11-,12+/m0/s1. The van der Waals surface area contributed by atoms with Gasteiger partial charge >= 0.3 is 0 Å². The summed E-state index contributed by atoms with van der Waals surface area (Å²) in [6.45, 7) is 1.26. The lowest BCUT2D eigenvalue weighted by atomic mass is 10.0. The number of benzene rings is 1. The maximum absolute atomic E-state index is 11.3. The van der Waals surface area contributed by atoms with E-state index in [1.807, 2.05) is 24.3 Å². The van der Waals surface area contributed by atoms with Crippen molar-refractivity contribution < 1.29 is 14.7 Å². The highest BCUT2D eigenvalue weighted by Gasteiger charge is 2.28. The molecule has 1 heterocycles. The minimum absolute atomic E-state index is 0.428. The summed E-state index contributed by atoms with van der Waals surface area (Å²) in [6.07, 6.45) is 0.408. The zero-order valence-corrected chi connectivity index (χ0v) is 10.4. The van der Waals surface area contributed by atoms with E-state index in [1.54, 1.807) is 6.20 Å². The van der Waals surface area contributed by atoms with Crippen LogP contribution in [0, 0.1) is 0 Å². The Labute approximate surface area is 109 Å². The van der Waals surface area contributed by atoms with Gasteiger partial charge in [0.1, 0.15) is 12.1 Å². The number of carbonyl (C=O) groups excluding carboxylic acids is 2. The Hall–Kier alpha value is -2.34. The van der Waals surface area contributed by atoms with E-state index in [0.29, 0.717) is 5.56 Å². The van der Waals surface area contributed by atoms with E-state index in [0.717, 1.165) is 10.9 Å². The van der Waals surface area contributed by atoms with Crippen LogP contribution in [0.5, 0.6) is 0 Å². The first-order valence-corrected chi connectivity index (χ1v) is 5.81. The number of aromatic amines is 1. The topological polar surface area (TPSA) is 108 Å². The predicted octanol–water partition coefficient (Wildman–Crippen LogP) is 0.191. The van der Waals surface area contributed by atoms with Gasteiger partial charge in [0.05, 0.1) is 0 Å². The highest BCUT2D eigenvalue weighted by atomic mass is 16.3. The second-order valence-electron chi connectivity index (χ2n) is 4.32. The molecule has 2 amide bonds. The van der Waals surface area contributed by atoms with E-state index < -0.39 is 24.0 Å². The molecule has 0 unspecified atom stereocenters. The summed E-state index contributed by atoms with van der Waals surface area (Å²) in [5.41, 5.74) is 6.57. The molecule has 1 aromatic heterocycles. The van der Waals surface area contributed by atoms with Crippen molar-refractivity contribution in [2.75, 3.05) is 0 Å². The van der Waals surface area contributed by atoms with Crippen molar-refractivity contribution in [3.8, 4) is 0 Å². The lowest BCUT2D eigenvalue weighted by Gasteiger charge is -2.20. The van der Waals surface area contributed by atoms with Gasteiger partial charge in [-0.15, -0.1) is 0 Å². The van der Waals surface area contributed by atoms with Crippen molar-refractivity contribution in [3.63, 3.8) is 0 Å². The summed E-state index contributed by atoms with van der Waals surface area (Å²) >= 11 is 0. The zero-order chi connectivity index (χ0) is 14.0. The average molecular weight is 261 g/mol. The number of rotatable bonds is 4. The van der Waals surface area contributed by atoms with Gasteiger partial charge in [0, 0.05) is 29.6 Å². The molecular weight excluding hydrogens is 246 g/mol. The van der Waals surface area contributed by atoms with E-state index in [-0.39, 0.29) is 0 Å². The number of nitrogens with two attached hydrogens (primary N) is 1. The molecular formula is C13H15N3O3. The Kier molecular flexibility index (Phi) is 3.52. The Balaban J connectivity index is 2.38. The van der Waals surface area contributed by atoms with E-state index in [1.165, 1.54) is 6.92 Å². The molecule has 0 aliphatic heterocycles. The molecule has 5 N–H and O–H groups in total. The van der Waals surface area contributed by atoms with Crippen molar-refractivity contribution in [3.05, 3.63) is 36.0 Å². The van der Waals surface area contributed by atoms with Crippen LogP contribution in [0.25, 0.3) is 10.9 Å². The number of aromatic nitrogens is 1. The van der Waals surface area contributed by atoms with E-state index in [2.05, 4.69) is 10.3 Å². The molecule has 2 aromatic rings. The Morgan fingerprint density at radius 2 is 2.05 bits per heavy atom. The molecule has 0 saturated heterocycles. The monoisotopic (exact) mass is 261 g/mol. The normalized spacial score (nSPS) is 14.0. The average Bonchev–Trinajstić information content (AvgIpc) is 2.78. The molecule has 0 bridgehead atoms. The summed E-state index contributed by atoms with van der Waals surface area (Å²) in [4.78, 5) is 25.4. The summed E-state index contributed by atoms with van der Waals surface area (Å²) in [5.74, 6) is -1.21. The third-order valence-electron chi connectivity index (χ3n) is 2.92. The van der Waals surface area contributed by atoms with Crippen LogP contribution in [0.4, 0.5) is 0 Å². The SMILES string of the molecule is CC(=O)N[C@H](C(N)=O)[C@H](O)c1c[nH]c2ccccc12. The quantitative estimate of drug-likeness (QED) is 0.631. The first kappa shape index (κ1) is 13.1. The molecule has 0 aliphatic carbocycles. The number of carbonyl (C=O) groups is 2. The molecule has 2 rings (SSSR count). The number of para-hydroxylation sites is 1. The molecule has 0 radical (unpaired) electrons. The Morgan fingerprint density at radius 3 is 2.68 bits per heavy atom. The second-order valence-corrected chi connectivity index (χ2v) is 4.32. The molecule has 0 saturated carbocycles. The lowest BCUT2D eigenvalue weighted by molar-refractivity contribution is -0.129. The fourth-order valence-corrected chi connectivity index (χ4v) is 2.04. The third-order valence-corrected chi connectivity index (χ3v) is 2.92. The number of hydrogen-bond acceptors (Lipinski definition) is 3. The highest BCUT2D eigenvalue weighted by Crippen LogP contribution is 2.26. The smallest absolute Gasteiger partial charge is 0.243 e. The van der Waals surface area contributed by atoms with Gasteiger partial charge in [-0.05, 0) is 6.07 Å². The molecule has 6 heteroatoms. The van der Waals surface area contributed by atoms with Crippen molar-refractivity contribution in [1.82, 2.24) is 10.3 Å². The van der Waals surface area contributed by atoms with Gasteiger partial charge < -0.3 is 21.1 Å². The van der Waals surface area contributed by atoms with Crippen LogP contribution in [0.3, 0.4) is 0 Å². The molecule has 6 nitrogen and oxygen atoms in total. The van der Waals surface area contributed by atoms with Gasteiger partial charge in [-0.2, -0.15) is 0 Å². The van der Waals surface area contributed by atoms with Gasteiger partial charge in [0.25, 0.3) is 0 Å². The van der Waals surface area contributed by atoms with Crippen molar-refractivity contribution in [2.24, 2.45) is 5.73 Å². The molecule has 0 fully saturated rings. The molecule has 2 atom stereocenters. The third kappa shape index (κ3) is 2.58. The van der Waals surface area contributed by atoms with Gasteiger partial charge in [-0.1, -0.05) is 18.2 Å². The molecule has 0 spiro atoms. The van der Waals surface area contributed by atoms with E-state index >= 15 is 0 Å². The number of nitrogens with one attached hydrogen (secondary N) is 2. The highest BCUT2D eigenvalue weighted by molar-refractivity contribution is 5.89. The lowest BCUT2D eigenvalue weighted by Crippen LogP contribution is -2.47. The molecule has 100 valence electrons. The number of fused-ring (bicyclic) bond motifs is 1. The van der Waals surface area contributed by atoms with Crippen LogP contribution in [0.2, 0.25) is 0 Å². The van der Waals surface area contributed by atoms with Gasteiger partial charge in [0.2, 0.25) is 11.8 Å². The largest absolute Gasteiger partial charge is 0.386 e.